The molecule has 0 unspecified atom stereocenters. The van der Waals surface area contributed by atoms with Crippen LogP contribution in [-0.4, -0.2) is 20.7 Å². The Morgan fingerprint density at radius 3 is 2.66 bits per heavy atom. The molecule has 4 aromatic rings. The van der Waals surface area contributed by atoms with Crippen LogP contribution in [0.15, 0.2) is 65.5 Å². The summed E-state index contributed by atoms with van der Waals surface area (Å²) in [5, 5.41) is 7.68. The summed E-state index contributed by atoms with van der Waals surface area (Å²) >= 11 is 1.42. The second kappa shape index (κ2) is 8.32. The summed E-state index contributed by atoms with van der Waals surface area (Å²) in [7, 11) is 0. The molecule has 0 aliphatic carbocycles. The van der Waals surface area contributed by atoms with Crippen LogP contribution in [0.2, 0.25) is 0 Å². The van der Waals surface area contributed by atoms with Crippen molar-refractivity contribution in [1.29, 1.82) is 0 Å². The first-order valence-corrected chi connectivity index (χ1v) is 9.90. The highest BCUT2D eigenvalue weighted by Gasteiger charge is 2.09. The van der Waals surface area contributed by atoms with E-state index < -0.39 is 0 Å². The van der Waals surface area contributed by atoms with E-state index in [1.807, 2.05) is 24.3 Å². The number of carbonyl (C=O) groups excluding carboxylic acids is 1. The number of fused-ring (bicyclic) bond motifs is 1. The third kappa shape index (κ3) is 4.55. The van der Waals surface area contributed by atoms with Gasteiger partial charge in [0.05, 0.1) is 15.9 Å². The van der Waals surface area contributed by atoms with Crippen molar-refractivity contribution in [2.45, 2.75) is 19.4 Å². The number of hydrogen-bond acceptors (Lipinski definition) is 5. The topological polar surface area (TPSA) is 76.9 Å². The van der Waals surface area contributed by atoms with E-state index in [4.69, 9.17) is 0 Å². The lowest BCUT2D eigenvalue weighted by atomic mass is 10.1. The molecular weight excluding hydrogens is 391 g/mol. The van der Waals surface area contributed by atoms with Crippen molar-refractivity contribution < 1.29 is 9.18 Å². The molecule has 6 nitrogen and oxygen atoms in total. The average molecular weight is 408 g/mol. The van der Waals surface area contributed by atoms with E-state index in [-0.39, 0.29) is 23.7 Å². The first-order valence-electron chi connectivity index (χ1n) is 9.08. The van der Waals surface area contributed by atoms with Gasteiger partial charge in [-0.15, -0.1) is 0 Å². The lowest BCUT2D eigenvalue weighted by molar-refractivity contribution is -0.116. The van der Waals surface area contributed by atoms with Gasteiger partial charge >= 0.3 is 0 Å². The molecule has 0 atom stereocenters. The molecule has 0 aliphatic heterocycles. The Balaban J connectivity index is 1.37. The molecule has 146 valence electrons. The van der Waals surface area contributed by atoms with Gasteiger partial charge in [0.15, 0.2) is 5.13 Å². The van der Waals surface area contributed by atoms with Crippen LogP contribution in [0, 0.1) is 5.82 Å². The number of rotatable bonds is 6. The van der Waals surface area contributed by atoms with Gasteiger partial charge in [-0.3, -0.25) is 9.59 Å². The number of benzene rings is 2. The van der Waals surface area contributed by atoms with Crippen LogP contribution in [-0.2, 0) is 11.3 Å². The molecule has 0 fully saturated rings. The standard InChI is InChI=1S/C21H17FN4O2S/c22-15-9-7-14(8-10-15)16-11-12-20(28)26(25-16)13-3-6-19(27)24-21-23-17-4-1-2-5-18(17)29-21/h1-2,4-5,7-12H,3,6,13H2,(H,23,24,27). The third-order valence-electron chi connectivity index (χ3n) is 4.32. The Labute approximate surface area is 169 Å². The number of anilines is 1. The number of carbonyl (C=O) groups is 1. The number of aromatic nitrogens is 3. The van der Waals surface area contributed by atoms with Crippen molar-refractivity contribution in [3.05, 3.63) is 76.8 Å². The Bertz CT molecular complexity index is 1180. The lowest BCUT2D eigenvalue weighted by Gasteiger charge is -2.07. The molecule has 0 aliphatic rings. The summed E-state index contributed by atoms with van der Waals surface area (Å²) in [5.74, 6) is -0.493. The number of thiazole rings is 1. The Morgan fingerprint density at radius 1 is 1.07 bits per heavy atom. The van der Waals surface area contributed by atoms with Gasteiger partial charge in [0.2, 0.25) is 5.91 Å². The molecule has 1 amide bonds. The fourth-order valence-electron chi connectivity index (χ4n) is 2.88. The van der Waals surface area contributed by atoms with Gasteiger partial charge in [-0.1, -0.05) is 23.5 Å². The van der Waals surface area contributed by atoms with Crippen molar-refractivity contribution in [1.82, 2.24) is 14.8 Å². The summed E-state index contributed by atoms with van der Waals surface area (Å²) in [5.41, 5.74) is 1.89. The van der Waals surface area contributed by atoms with Gasteiger partial charge < -0.3 is 5.32 Å². The molecule has 0 bridgehead atoms. The maximum absolute atomic E-state index is 13.1. The summed E-state index contributed by atoms with van der Waals surface area (Å²) in [4.78, 5) is 28.6. The van der Waals surface area contributed by atoms with E-state index in [9.17, 15) is 14.0 Å². The second-order valence-corrected chi connectivity index (χ2v) is 7.46. The average Bonchev–Trinajstić information content (AvgIpc) is 3.12. The lowest BCUT2D eigenvalue weighted by Crippen LogP contribution is -2.23. The zero-order chi connectivity index (χ0) is 20.2. The minimum atomic E-state index is -0.332. The molecule has 2 heterocycles. The maximum atomic E-state index is 13.1. The number of amides is 1. The van der Waals surface area contributed by atoms with Crippen LogP contribution in [0.5, 0.6) is 0 Å². The van der Waals surface area contributed by atoms with Crippen LogP contribution in [0.3, 0.4) is 0 Å². The van der Waals surface area contributed by atoms with Gasteiger partial charge in [-0.2, -0.15) is 5.10 Å². The smallest absolute Gasteiger partial charge is 0.266 e. The molecule has 0 radical (unpaired) electrons. The molecule has 2 aromatic heterocycles. The maximum Gasteiger partial charge on any atom is 0.266 e. The monoisotopic (exact) mass is 408 g/mol. The van der Waals surface area contributed by atoms with Crippen molar-refractivity contribution in [3.8, 4) is 11.3 Å². The number of nitrogens with zero attached hydrogens (tertiary/aromatic N) is 3. The number of nitrogens with one attached hydrogen (secondary N) is 1. The van der Waals surface area contributed by atoms with E-state index in [0.717, 1.165) is 10.2 Å². The summed E-state index contributed by atoms with van der Waals surface area (Å²) in [6.07, 6.45) is 0.696. The predicted molar refractivity (Wildman–Crippen MR) is 111 cm³/mol. The van der Waals surface area contributed by atoms with Crippen molar-refractivity contribution in [2.75, 3.05) is 5.32 Å². The van der Waals surface area contributed by atoms with E-state index in [1.54, 1.807) is 18.2 Å². The minimum absolute atomic E-state index is 0.160. The van der Waals surface area contributed by atoms with Gasteiger partial charge in [0.25, 0.3) is 5.56 Å². The third-order valence-corrected chi connectivity index (χ3v) is 5.27. The van der Waals surface area contributed by atoms with Gasteiger partial charge in [-0.05, 0) is 48.9 Å². The van der Waals surface area contributed by atoms with Crippen molar-refractivity contribution in [3.63, 3.8) is 0 Å². The van der Waals surface area contributed by atoms with Crippen LogP contribution in [0.1, 0.15) is 12.8 Å². The fourth-order valence-corrected chi connectivity index (χ4v) is 3.76. The van der Waals surface area contributed by atoms with Gasteiger partial charge in [0.1, 0.15) is 5.82 Å². The van der Waals surface area contributed by atoms with Crippen molar-refractivity contribution in [2.24, 2.45) is 0 Å². The molecule has 4 rings (SSSR count). The van der Waals surface area contributed by atoms with E-state index in [2.05, 4.69) is 15.4 Å². The fraction of sp³-hybridized carbons (Fsp3) is 0.143. The summed E-state index contributed by atoms with van der Waals surface area (Å²) < 4.78 is 15.4. The SMILES string of the molecule is O=C(CCCn1nc(-c2ccc(F)cc2)ccc1=O)Nc1nc2ccccc2s1. The zero-order valence-corrected chi connectivity index (χ0v) is 16.2. The number of halogens is 1. The quantitative estimate of drug-likeness (QED) is 0.522. The first kappa shape index (κ1) is 18.9. The number of para-hydroxylation sites is 1. The molecule has 1 N–H and O–H groups in total. The summed E-state index contributed by atoms with van der Waals surface area (Å²) in [6, 6.07) is 16.6. The summed E-state index contributed by atoms with van der Waals surface area (Å²) in [6.45, 7) is 0.307. The molecule has 0 saturated carbocycles. The predicted octanol–water partition coefficient (Wildman–Crippen LogP) is 4.08. The van der Waals surface area contributed by atoms with Crippen LogP contribution in [0.25, 0.3) is 21.5 Å². The Hall–Kier alpha value is -3.39. The Kier molecular flexibility index (Phi) is 5.44. The van der Waals surface area contributed by atoms with E-state index in [0.29, 0.717) is 29.4 Å². The molecule has 0 saturated heterocycles. The zero-order valence-electron chi connectivity index (χ0n) is 15.3. The number of hydrogen-bond donors (Lipinski definition) is 1. The molecule has 29 heavy (non-hydrogen) atoms. The minimum Gasteiger partial charge on any atom is -0.302 e. The highest BCUT2D eigenvalue weighted by molar-refractivity contribution is 7.22. The highest BCUT2D eigenvalue weighted by atomic mass is 32.1. The molecule has 8 heteroatoms. The first-order chi connectivity index (χ1) is 14.1. The van der Waals surface area contributed by atoms with Crippen LogP contribution < -0.4 is 10.9 Å². The molecule has 2 aromatic carbocycles. The van der Waals surface area contributed by atoms with Crippen LogP contribution >= 0.6 is 11.3 Å². The van der Waals surface area contributed by atoms with Gasteiger partial charge in [-0.25, -0.2) is 14.1 Å². The molecular formula is C21H17FN4O2S. The van der Waals surface area contributed by atoms with Crippen LogP contribution in [0.4, 0.5) is 9.52 Å². The second-order valence-electron chi connectivity index (χ2n) is 6.43. The molecule has 0 spiro atoms. The van der Waals surface area contributed by atoms with E-state index in [1.165, 1.54) is 34.2 Å². The largest absolute Gasteiger partial charge is 0.302 e. The van der Waals surface area contributed by atoms with Gasteiger partial charge in [0, 0.05) is 24.6 Å². The number of aryl methyl sites for hydroxylation is 1. The van der Waals surface area contributed by atoms with Crippen molar-refractivity contribution >= 4 is 32.6 Å². The Morgan fingerprint density at radius 2 is 1.86 bits per heavy atom. The normalized spacial score (nSPS) is 10.9. The highest BCUT2D eigenvalue weighted by Crippen LogP contribution is 2.25. The van der Waals surface area contributed by atoms with E-state index >= 15 is 0 Å².